The average molecular weight is 192 g/mol. The summed E-state index contributed by atoms with van der Waals surface area (Å²) in [5, 5.41) is 9.41. The molecule has 1 aromatic rings. The summed E-state index contributed by atoms with van der Waals surface area (Å²) >= 11 is 0. The van der Waals surface area contributed by atoms with Gasteiger partial charge in [0.25, 0.3) is 0 Å². The van der Waals surface area contributed by atoms with Crippen molar-refractivity contribution in [1.29, 1.82) is 0 Å². The molecule has 1 heteroatoms. The van der Waals surface area contributed by atoms with Crippen LogP contribution in [0.2, 0.25) is 0 Å². The molecule has 1 nitrogen and oxygen atoms in total. The average Bonchev–Trinajstić information content (AvgIpc) is 2.11. The fraction of sp³-hybridized carbons (Fsp3) is 0.538. The zero-order valence-corrected chi connectivity index (χ0v) is 9.54. The van der Waals surface area contributed by atoms with Crippen LogP contribution in [-0.2, 0) is 6.42 Å². The normalized spacial score (nSPS) is 15.2. The highest BCUT2D eigenvalue weighted by molar-refractivity contribution is 5.30. The molecule has 0 spiro atoms. The Labute approximate surface area is 86.8 Å². The summed E-state index contributed by atoms with van der Waals surface area (Å²) in [6, 6.07) is 6.52. The summed E-state index contributed by atoms with van der Waals surface area (Å²) in [7, 11) is 0. The predicted octanol–water partition coefficient (Wildman–Crippen LogP) is 2.86. The summed E-state index contributed by atoms with van der Waals surface area (Å²) in [4.78, 5) is 0. The highest BCUT2D eigenvalue weighted by Crippen LogP contribution is 2.15. The molecule has 2 atom stereocenters. The third-order valence-electron chi connectivity index (χ3n) is 2.95. The van der Waals surface area contributed by atoms with Gasteiger partial charge in [-0.05, 0) is 49.8 Å². The lowest BCUT2D eigenvalue weighted by molar-refractivity contribution is 0.135. The van der Waals surface area contributed by atoms with E-state index in [-0.39, 0.29) is 6.10 Å². The van der Waals surface area contributed by atoms with Crippen LogP contribution in [0.3, 0.4) is 0 Å². The van der Waals surface area contributed by atoms with Crippen LogP contribution in [0.5, 0.6) is 0 Å². The van der Waals surface area contributed by atoms with Crippen molar-refractivity contribution >= 4 is 0 Å². The molecular formula is C13H20O. The van der Waals surface area contributed by atoms with E-state index in [1.807, 2.05) is 6.92 Å². The van der Waals surface area contributed by atoms with E-state index in [2.05, 4.69) is 39.0 Å². The van der Waals surface area contributed by atoms with Gasteiger partial charge in [-0.3, -0.25) is 0 Å². The molecule has 0 aliphatic rings. The predicted molar refractivity (Wildman–Crippen MR) is 60.5 cm³/mol. The first kappa shape index (κ1) is 11.3. The van der Waals surface area contributed by atoms with Crippen LogP contribution in [0.15, 0.2) is 18.2 Å². The molecule has 0 fully saturated rings. The molecule has 0 saturated heterocycles. The minimum absolute atomic E-state index is 0.225. The Kier molecular flexibility index (Phi) is 3.70. The highest BCUT2D eigenvalue weighted by Gasteiger charge is 2.09. The Morgan fingerprint density at radius 1 is 1.14 bits per heavy atom. The van der Waals surface area contributed by atoms with Crippen molar-refractivity contribution in [2.24, 2.45) is 5.92 Å². The topological polar surface area (TPSA) is 20.2 Å². The molecule has 14 heavy (non-hydrogen) atoms. The third kappa shape index (κ3) is 2.85. The summed E-state index contributed by atoms with van der Waals surface area (Å²) in [6.45, 7) is 8.19. The lowest BCUT2D eigenvalue weighted by Gasteiger charge is -2.15. The van der Waals surface area contributed by atoms with Crippen LogP contribution in [0.4, 0.5) is 0 Å². The molecule has 2 unspecified atom stereocenters. The van der Waals surface area contributed by atoms with Crippen molar-refractivity contribution in [3.8, 4) is 0 Å². The van der Waals surface area contributed by atoms with Crippen molar-refractivity contribution < 1.29 is 5.11 Å². The molecule has 78 valence electrons. The maximum absolute atomic E-state index is 9.41. The first-order chi connectivity index (χ1) is 6.50. The maximum atomic E-state index is 9.41. The van der Waals surface area contributed by atoms with E-state index in [1.54, 1.807) is 0 Å². The molecule has 0 aliphatic carbocycles. The Bertz CT molecular complexity index is 302. The minimum Gasteiger partial charge on any atom is -0.393 e. The van der Waals surface area contributed by atoms with Gasteiger partial charge < -0.3 is 5.11 Å². The molecule has 1 aromatic carbocycles. The molecular weight excluding hydrogens is 172 g/mol. The maximum Gasteiger partial charge on any atom is 0.0540 e. The quantitative estimate of drug-likeness (QED) is 0.780. The van der Waals surface area contributed by atoms with Crippen LogP contribution in [0.1, 0.15) is 30.5 Å². The molecule has 1 N–H and O–H groups in total. The second-order valence-corrected chi connectivity index (χ2v) is 4.34. The van der Waals surface area contributed by atoms with Gasteiger partial charge in [-0.2, -0.15) is 0 Å². The van der Waals surface area contributed by atoms with E-state index in [0.29, 0.717) is 5.92 Å². The van der Waals surface area contributed by atoms with Crippen LogP contribution in [-0.4, -0.2) is 11.2 Å². The zero-order chi connectivity index (χ0) is 10.7. The molecule has 0 heterocycles. The number of rotatable bonds is 3. The Balaban J connectivity index is 2.73. The Morgan fingerprint density at radius 3 is 2.29 bits per heavy atom. The Morgan fingerprint density at radius 2 is 1.79 bits per heavy atom. The van der Waals surface area contributed by atoms with Crippen LogP contribution < -0.4 is 0 Å². The molecule has 0 bridgehead atoms. The van der Waals surface area contributed by atoms with Gasteiger partial charge in [-0.25, -0.2) is 0 Å². The largest absolute Gasteiger partial charge is 0.393 e. The number of hydrogen-bond acceptors (Lipinski definition) is 1. The molecule has 1 rings (SSSR count). The Hall–Kier alpha value is -0.820. The molecule has 0 aromatic heterocycles. The van der Waals surface area contributed by atoms with Gasteiger partial charge >= 0.3 is 0 Å². The molecule has 0 radical (unpaired) electrons. The smallest absolute Gasteiger partial charge is 0.0540 e. The van der Waals surface area contributed by atoms with Crippen LogP contribution in [0, 0.1) is 19.8 Å². The van der Waals surface area contributed by atoms with Gasteiger partial charge in [0.1, 0.15) is 0 Å². The number of aliphatic hydroxyl groups is 1. The van der Waals surface area contributed by atoms with E-state index in [4.69, 9.17) is 0 Å². The van der Waals surface area contributed by atoms with Crippen molar-refractivity contribution in [3.05, 3.63) is 34.9 Å². The monoisotopic (exact) mass is 192 g/mol. The molecule has 0 amide bonds. The molecule has 0 saturated carbocycles. The van der Waals surface area contributed by atoms with Gasteiger partial charge in [-0.15, -0.1) is 0 Å². The zero-order valence-electron chi connectivity index (χ0n) is 9.54. The van der Waals surface area contributed by atoms with Gasteiger partial charge in [-0.1, -0.05) is 25.1 Å². The fourth-order valence-electron chi connectivity index (χ4n) is 1.47. The van der Waals surface area contributed by atoms with Crippen molar-refractivity contribution in [1.82, 2.24) is 0 Å². The summed E-state index contributed by atoms with van der Waals surface area (Å²) in [5.74, 6) is 0.331. The van der Waals surface area contributed by atoms with E-state index >= 15 is 0 Å². The fourth-order valence-corrected chi connectivity index (χ4v) is 1.47. The van der Waals surface area contributed by atoms with Crippen LogP contribution >= 0.6 is 0 Å². The highest BCUT2D eigenvalue weighted by atomic mass is 16.3. The second kappa shape index (κ2) is 4.61. The van der Waals surface area contributed by atoms with Crippen molar-refractivity contribution in [3.63, 3.8) is 0 Å². The summed E-state index contributed by atoms with van der Waals surface area (Å²) in [5.41, 5.74) is 3.99. The summed E-state index contributed by atoms with van der Waals surface area (Å²) < 4.78 is 0. The van der Waals surface area contributed by atoms with E-state index in [9.17, 15) is 5.11 Å². The second-order valence-electron chi connectivity index (χ2n) is 4.34. The lowest BCUT2D eigenvalue weighted by Crippen LogP contribution is -2.15. The first-order valence-corrected chi connectivity index (χ1v) is 5.25. The van der Waals surface area contributed by atoms with Gasteiger partial charge in [0.2, 0.25) is 0 Å². The van der Waals surface area contributed by atoms with Gasteiger partial charge in [0.05, 0.1) is 6.10 Å². The third-order valence-corrected chi connectivity index (χ3v) is 2.95. The first-order valence-electron chi connectivity index (χ1n) is 5.25. The van der Waals surface area contributed by atoms with E-state index < -0.39 is 0 Å². The van der Waals surface area contributed by atoms with Gasteiger partial charge in [0.15, 0.2) is 0 Å². The van der Waals surface area contributed by atoms with Gasteiger partial charge in [0, 0.05) is 0 Å². The van der Waals surface area contributed by atoms with E-state index in [1.165, 1.54) is 16.7 Å². The van der Waals surface area contributed by atoms with Crippen molar-refractivity contribution in [2.75, 3.05) is 0 Å². The lowest BCUT2D eigenvalue weighted by atomic mass is 9.95. The van der Waals surface area contributed by atoms with Crippen LogP contribution in [0.25, 0.3) is 0 Å². The van der Waals surface area contributed by atoms with Crippen molar-refractivity contribution in [2.45, 2.75) is 40.2 Å². The number of hydrogen-bond donors (Lipinski definition) is 1. The number of benzene rings is 1. The minimum atomic E-state index is -0.225. The number of aliphatic hydroxyl groups excluding tert-OH is 1. The SMILES string of the molecule is Cc1ccc(CC(C)C(C)O)cc1C. The standard InChI is InChI=1S/C13H20O/c1-9-5-6-13(7-10(9)2)8-11(3)12(4)14/h5-7,11-12,14H,8H2,1-4H3. The van der Waals surface area contributed by atoms with E-state index in [0.717, 1.165) is 6.42 Å². The molecule has 0 aliphatic heterocycles. The summed E-state index contributed by atoms with van der Waals surface area (Å²) in [6.07, 6.45) is 0.732. The number of aryl methyl sites for hydroxylation is 2.